The zero-order chi connectivity index (χ0) is 22.8. The Morgan fingerprint density at radius 3 is 1.24 bits per heavy atom. The van der Waals surface area contributed by atoms with Gasteiger partial charge >= 0.3 is 0 Å². The first-order chi connectivity index (χ1) is 16.7. The molecule has 160 valence electrons. The molecule has 6 aromatic rings. The van der Waals surface area contributed by atoms with Crippen molar-refractivity contribution in [2.45, 2.75) is 13.8 Å². The molecule has 7 rings (SSSR count). The fraction of sp³-hybridized carbons (Fsp3) is 0.0588. The molecule has 0 heterocycles. The Bertz CT molecular complexity index is 1610. The summed E-state index contributed by atoms with van der Waals surface area (Å²) >= 11 is 0. The van der Waals surface area contributed by atoms with E-state index in [1.807, 2.05) is 0 Å². The smallest absolute Gasteiger partial charge is 0.000731 e. The van der Waals surface area contributed by atoms with Crippen molar-refractivity contribution in [3.63, 3.8) is 0 Å². The van der Waals surface area contributed by atoms with Gasteiger partial charge < -0.3 is 0 Å². The number of hydrogen-bond acceptors (Lipinski definition) is 0. The molecule has 0 bridgehead atoms. The van der Waals surface area contributed by atoms with E-state index in [0.717, 1.165) is 0 Å². The summed E-state index contributed by atoms with van der Waals surface area (Å²) in [6.07, 6.45) is 0. The molecule has 0 aromatic heterocycles. The van der Waals surface area contributed by atoms with Gasteiger partial charge in [-0.2, -0.15) is 0 Å². The minimum Gasteiger partial charge on any atom is -0.0622 e. The van der Waals surface area contributed by atoms with Crippen molar-refractivity contribution in [1.29, 1.82) is 0 Å². The van der Waals surface area contributed by atoms with E-state index in [-0.39, 0.29) is 0 Å². The standard InChI is InChI=1S/C34H24/c1-21-19-20-22(2)29-28(21)31(24-11-5-3-6-12-24)33-26-17-9-15-23-16-10-18-27(30(23)26)34(33)32(29)25-13-7-4-8-14-25/h3-20H,1-2H3. The van der Waals surface area contributed by atoms with Crippen LogP contribution in [0.5, 0.6) is 0 Å². The molecule has 0 radical (unpaired) electrons. The van der Waals surface area contributed by atoms with Crippen LogP contribution >= 0.6 is 0 Å². The molecule has 0 aliphatic heterocycles. The minimum absolute atomic E-state index is 1.28. The second-order valence-electron chi connectivity index (χ2n) is 9.39. The predicted octanol–water partition coefficient (Wildman–Crippen LogP) is 9.59. The van der Waals surface area contributed by atoms with E-state index in [0.29, 0.717) is 0 Å². The van der Waals surface area contributed by atoms with Crippen LogP contribution in [-0.4, -0.2) is 0 Å². The van der Waals surface area contributed by atoms with Crippen molar-refractivity contribution >= 4 is 21.5 Å². The maximum Gasteiger partial charge on any atom is -0.000731 e. The van der Waals surface area contributed by atoms with Crippen molar-refractivity contribution < 1.29 is 0 Å². The number of fused-ring (bicyclic) bond motifs is 4. The van der Waals surface area contributed by atoms with E-state index >= 15 is 0 Å². The zero-order valence-corrected chi connectivity index (χ0v) is 19.4. The SMILES string of the molecule is Cc1ccc(C)c2c(-c3ccccc3)c3c(c(-c4ccccc4)c12)-c1cccc2cccc-3c12. The highest BCUT2D eigenvalue weighted by Gasteiger charge is 2.31. The van der Waals surface area contributed by atoms with Gasteiger partial charge in [-0.15, -0.1) is 0 Å². The average Bonchev–Trinajstić information content (AvgIpc) is 3.22. The maximum absolute atomic E-state index is 2.32. The van der Waals surface area contributed by atoms with Crippen LogP contribution in [-0.2, 0) is 0 Å². The summed E-state index contributed by atoms with van der Waals surface area (Å²) in [5.74, 6) is 0. The molecule has 0 atom stereocenters. The fourth-order valence-corrected chi connectivity index (χ4v) is 6.04. The van der Waals surface area contributed by atoms with Gasteiger partial charge in [0.15, 0.2) is 0 Å². The second-order valence-corrected chi connectivity index (χ2v) is 9.39. The van der Waals surface area contributed by atoms with Gasteiger partial charge in [-0.05, 0) is 91.0 Å². The van der Waals surface area contributed by atoms with E-state index in [4.69, 9.17) is 0 Å². The van der Waals surface area contributed by atoms with Gasteiger partial charge in [0.1, 0.15) is 0 Å². The largest absolute Gasteiger partial charge is 0.0622 e. The maximum atomic E-state index is 2.32. The molecule has 0 fully saturated rings. The normalized spacial score (nSPS) is 11.8. The Kier molecular flexibility index (Phi) is 4.07. The Hall–Kier alpha value is -4.16. The summed E-state index contributed by atoms with van der Waals surface area (Å²) < 4.78 is 0. The summed E-state index contributed by atoms with van der Waals surface area (Å²) in [4.78, 5) is 0. The molecule has 0 N–H and O–H groups in total. The minimum atomic E-state index is 1.28. The van der Waals surface area contributed by atoms with E-state index < -0.39 is 0 Å². The van der Waals surface area contributed by atoms with Crippen LogP contribution in [0.3, 0.4) is 0 Å². The first-order valence-corrected chi connectivity index (χ1v) is 12.0. The predicted molar refractivity (Wildman–Crippen MR) is 146 cm³/mol. The summed E-state index contributed by atoms with van der Waals surface area (Å²) in [5.41, 5.74) is 13.4. The topological polar surface area (TPSA) is 0 Å². The Balaban J connectivity index is 1.82. The molecule has 0 saturated heterocycles. The quantitative estimate of drug-likeness (QED) is 0.255. The van der Waals surface area contributed by atoms with Crippen LogP contribution in [0.25, 0.3) is 66.1 Å². The van der Waals surface area contributed by atoms with Gasteiger partial charge in [0.2, 0.25) is 0 Å². The first kappa shape index (κ1) is 19.3. The molecule has 0 nitrogen and oxygen atoms in total. The summed E-state index contributed by atoms with van der Waals surface area (Å²) in [5, 5.41) is 5.42. The molecule has 1 aliphatic carbocycles. The lowest BCUT2D eigenvalue weighted by atomic mass is 9.80. The molecule has 6 aromatic carbocycles. The van der Waals surface area contributed by atoms with Crippen molar-refractivity contribution in [2.24, 2.45) is 0 Å². The lowest BCUT2D eigenvalue weighted by molar-refractivity contribution is 1.46. The molecular formula is C34H24. The van der Waals surface area contributed by atoms with Crippen LogP contribution in [0, 0.1) is 13.8 Å². The van der Waals surface area contributed by atoms with Gasteiger partial charge in [0.25, 0.3) is 0 Å². The van der Waals surface area contributed by atoms with Crippen LogP contribution in [0.1, 0.15) is 11.1 Å². The van der Waals surface area contributed by atoms with E-state index in [1.165, 1.54) is 77.2 Å². The molecule has 0 unspecified atom stereocenters. The molecule has 0 heteroatoms. The lowest BCUT2D eigenvalue weighted by Gasteiger charge is -2.23. The lowest BCUT2D eigenvalue weighted by Crippen LogP contribution is -1.97. The highest BCUT2D eigenvalue weighted by Crippen LogP contribution is 2.58. The van der Waals surface area contributed by atoms with E-state index in [1.54, 1.807) is 0 Å². The number of benzene rings is 6. The van der Waals surface area contributed by atoms with E-state index in [2.05, 4.69) is 123 Å². The van der Waals surface area contributed by atoms with Gasteiger partial charge in [0.05, 0.1) is 0 Å². The zero-order valence-electron chi connectivity index (χ0n) is 19.4. The van der Waals surface area contributed by atoms with E-state index in [9.17, 15) is 0 Å². The number of aryl methyl sites for hydroxylation is 2. The van der Waals surface area contributed by atoms with Crippen molar-refractivity contribution in [1.82, 2.24) is 0 Å². The highest BCUT2D eigenvalue weighted by molar-refractivity contribution is 6.28. The number of hydrogen-bond donors (Lipinski definition) is 0. The Morgan fingerprint density at radius 2 is 0.794 bits per heavy atom. The third-order valence-electron chi connectivity index (χ3n) is 7.44. The van der Waals surface area contributed by atoms with Gasteiger partial charge in [-0.3, -0.25) is 0 Å². The van der Waals surface area contributed by atoms with Crippen LogP contribution < -0.4 is 0 Å². The third kappa shape index (κ3) is 2.54. The second kappa shape index (κ2) is 7.17. The number of rotatable bonds is 2. The average molecular weight is 433 g/mol. The van der Waals surface area contributed by atoms with Gasteiger partial charge in [-0.1, -0.05) is 109 Å². The first-order valence-electron chi connectivity index (χ1n) is 12.0. The summed E-state index contributed by atoms with van der Waals surface area (Å²) in [7, 11) is 0. The summed E-state index contributed by atoms with van der Waals surface area (Å²) in [6.45, 7) is 4.52. The van der Waals surface area contributed by atoms with Crippen molar-refractivity contribution in [2.75, 3.05) is 0 Å². The fourth-order valence-electron chi connectivity index (χ4n) is 6.04. The molecule has 0 saturated carbocycles. The van der Waals surface area contributed by atoms with Gasteiger partial charge in [-0.25, -0.2) is 0 Å². The molecule has 1 aliphatic rings. The Morgan fingerprint density at radius 1 is 0.353 bits per heavy atom. The highest BCUT2D eigenvalue weighted by atomic mass is 14.3. The molecule has 34 heavy (non-hydrogen) atoms. The third-order valence-corrected chi connectivity index (χ3v) is 7.44. The van der Waals surface area contributed by atoms with Crippen molar-refractivity contribution in [3.05, 3.63) is 120 Å². The summed E-state index contributed by atoms with van der Waals surface area (Å²) in [6, 6.07) is 40.0. The Labute approximate surface area is 200 Å². The van der Waals surface area contributed by atoms with Crippen LogP contribution in [0.15, 0.2) is 109 Å². The molecular weight excluding hydrogens is 408 g/mol. The monoisotopic (exact) mass is 432 g/mol. The molecule has 0 spiro atoms. The van der Waals surface area contributed by atoms with Crippen molar-refractivity contribution in [3.8, 4) is 44.5 Å². The van der Waals surface area contributed by atoms with Crippen LogP contribution in [0.4, 0.5) is 0 Å². The van der Waals surface area contributed by atoms with Gasteiger partial charge in [0, 0.05) is 0 Å². The van der Waals surface area contributed by atoms with Crippen LogP contribution in [0.2, 0.25) is 0 Å². The molecule has 0 amide bonds.